The third-order valence-corrected chi connectivity index (χ3v) is 7.22. The number of aromatic amines is 2. The molecule has 0 fully saturated rings. The highest BCUT2D eigenvalue weighted by molar-refractivity contribution is 6.01. The van der Waals surface area contributed by atoms with Crippen molar-refractivity contribution in [2.45, 2.75) is 0 Å². The molecule has 5 nitrogen and oxygen atoms in total. The van der Waals surface area contributed by atoms with Crippen LogP contribution in [0, 0.1) is 0 Å². The van der Waals surface area contributed by atoms with Gasteiger partial charge in [-0.25, -0.2) is 0 Å². The molecule has 0 aliphatic carbocycles. The summed E-state index contributed by atoms with van der Waals surface area (Å²) >= 11 is 0. The Bertz CT molecular complexity index is 1980. The highest BCUT2D eigenvalue weighted by atomic mass is 15.1. The van der Waals surface area contributed by atoms with E-state index in [9.17, 15) is 0 Å². The number of nitrogens with one attached hydrogen (secondary N) is 2. The Morgan fingerprint density at radius 3 is 1.75 bits per heavy atom. The molecule has 2 aromatic carbocycles. The van der Waals surface area contributed by atoms with Gasteiger partial charge in [0.25, 0.3) is 0 Å². The van der Waals surface area contributed by atoms with Crippen LogP contribution in [0.4, 0.5) is 0 Å². The van der Waals surface area contributed by atoms with Crippen molar-refractivity contribution < 1.29 is 0 Å². The number of benzene rings is 2. The Kier molecular flexibility index (Phi) is 6.38. The number of nitrogens with zero attached hydrogens (tertiary/aromatic N) is 3. The average molecular weight is 518 g/mol. The standard InChI is InChI=1S/C35H27N5/c1-5-22-9-13-27-30(19-37-32(27)7-3)25(22)15-11-24-12-16-29-34(39-40-35(29)21-36-24)18-17-26-23(6-2)10-14-28-31(26)20-38-33(28)8-4/h5-21,37-38H,1-4H2/b15-11+,18-17+. The molecule has 0 spiro atoms. The average Bonchev–Trinajstić information content (AvgIpc) is 3.68. The third kappa shape index (κ3) is 4.20. The Morgan fingerprint density at radius 1 is 0.575 bits per heavy atom. The van der Waals surface area contributed by atoms with Crippen LogP contribution >= 0.6 is 0 Å². The molecule has 0 saturated heterocycles. The van der Waals surface area contributed by atoms with Gasteiger partial charge in [0.2, 0.25) is 0 Å². The zero-order chi connectivity index (χ0) is 27.6. The van der Waals surface area contributed by atoms with Crippen LogP contribution in [0.5, 0.6) is 0 Å². The fourth-order valence-corrected chi connectivity index (χ4v) is 5.12. The molecular formula is C35H27N5. The van der Waals surface area contributed by atoms with Gasteiger partial charge in [0, 0.05) is 50.9 Å². The predicted octanol–water partition coefficient (Wildman–Crippen LogP) is 8.85. The third-order valence-electron chi connectivity index (χ3n) is 7.22. The summed E-state index contributed by atoms with van der Waals surface area (Å²) in [5.41, 5.74) is 9.45. The lowest BCUT2D eigenvalue weighted by atomic mass is 9.99. The highest BCUT2D eigenvalue weighted by Gasteiger charge is 2.12. The monoisotopic (exact) mass is 517 g/mol. The molecule has 0 radical (unpaired) electrons. The first kappa shape index (κ1) is 24.8. The number of hydrogen-bond acceptors (Lipinski definition) is 3. The molecular weight excluding hydrogens is 490 g/mol. The first-order chi connectivity index (χ1) is 19.6. The van der Waals surface area contributed by atoms with E-state index in [0.29, 0.717) is 0 Å². The van der Waals surface area contributed by atoms with Crippen LogP contribution in [-0.2, 0) is 0 Å². The van der Waals surface area contributed by atoms with Gasteiger partial charge in [-0.05, 0) is 58.7 Å². The lowest BCUT2D eigenvalue weighted by Crippen LogP contribution is -1.83. The Balaban J connectivity index is 1.36. The van der Waals surface area contributed by atoms with Crippen LogP contribution < -0.4 is 0 Å². The molecule has 2 aromatic heterocycles. The van der Waals surface area contributed by atoms with Gasteiger partial charge in [0.05, 0.1) is 17.6 Å². The van der Waals surface area contributed by atoms with Crippen LogP contribution in [0.25, 0.3) is 81.4 Å². The molecule has 6 rings (SSSR count). The molecule has 4 aromatic rings. The summed E-state index contributed by atoms with van der Waals surface area (Å²) in [6.07, 6.45) is 21.3. The zero-order valence-electron chi connectivity index (χ0n) is 22.0. The van der Waals surface area contributed by atoms with Gasteiger partial charge in [-0.15, -0.1) is 10.2 Å². The number of H-pyrrole nitrogens is 2. The largest absolute Gasteiger partial charge is 0.361 e. The molecule has 5 heteroatoms. The minimum atomic E-state index is 0.729. The molecule has 40 heavy (non-hydrogen) atoms. The maximum Gasteiger partial charge on any atom is 0.113 e. The minimum absolute atomic E-state index is 0.729. The quantitative estimate of drug-likeness (QED) is 0.212. The van der Waals surface area contributed by atoms with Crippen LogP contribution in [0.1, 0.15) is 45.0 Å². The van der Waals surface area contributed by atoms with Gasteiger partial charge in [-0.2, -0.15) is 0 Å². The fourth-order valence-electron chi connectivity index (χ4n) is 5.12. The summed E-state index contributed by atoms with van der Waals surface area (Å²) in [5, 5.41) is 13.2. The van der Waals surface area contributed by atoms with Crippen molar-refractivity contribution in [3.63, 3.8) is 0 Å². The zero-order valence-corrected chi connectivity index (χ0v) is 22.0. The van der Waals surface area contributed by atoms with Crippen LogP contribution in [-0.4, -0.2) is 25.1 Å². The summed E-state index contributed by atoms with van der Waals surface area (Å²) in [6, 6.07) is 12.3. The van der Waals surface area contributed by atoms with Crippen molar-refractivity contribution in [2.24, 2.45) is 0 Å². The normalized spacial score (nSPS) is 11.7. The summed E-state index contributed by atoms with van der Waals surface area (Å²) in [4.78, 5) is 11.2. The van der Waals surface area contributed by atoms with Crippen molar-refractivity contribution in [1.29, 1.82) is 0 Å². The molecule has 0 atom stereocenters. The molecule has 192 valence electrons. The van der Waals surface area contributed by atoms with Crippen molar-refractivity contribution in [1.82, 2.24) is 25.1 Å². The van der Waals surface area contributed by atoms with Crippen molar-refractivity contribution in [3.8, 4) is 11.3 Å². The number of rotatable bonds is 8. The lowest BCUT2D eigenvalue weighted by molar-refractivity contribution is 1.08. The smallest absolute Gasteiger partial charge is 0.113 e. The summed E-state index contributed by atoms with van der Waals surface area (Å²) in [5.74, 6) is 0. The van der Waals surface area contributed by atoms with Gasteiger partial charge < -0.3 is 9.97 Å². The molecule has 0 unspecified atom stereocenters. The van der Waals surface area contributed by atoms with E-state index in [2.05, 4.69) is 87.9 Å². The number of hydrogen-bond donors (Lipinski definition) is 2. The first-order valence-electron chi connectivity index (χ1n) is 12.9. The second-order valence-electron chi connectivity index (χ2n) is 9.35. The summed E-state index contributed by atoms with van der Waals surface area (Å²) in [6.45, 7) is 15.8. The molecule has 0 amide bonds. The lowest BCUT2D eigenvalue weighted by Gasteiger charge is -2.04. The Labute approximate surface area is 232 Å². The molecule has 2 N–H and O–H groups in total. The molecule has 2 aliphatic rings. The van der Waals surface area contributed by atoms with Crippen molar-refractivity contribution in [2.75, 3.05) is 0 Å². The van der Waals surface area contributed by atoms with E-state index in [0.717, 1.165) is 77.8 Å². The second kappa shape index (κ2) is 10.3. The number of aromatic nitrogens is 5. The predicted molar refractivity (Wildman–Crippen MR) is 171 cm³/mol. The van der Waals surface area contributed by atoms with Crippen LogP contribution in [0.3, 0.4) is 0 Å². The molecule has 0 bridgehead atoms. The van der Waals surface area contributed by atoms with Crippen molar-refractivity contribution in [3.05, 3.63) is 126 Å². The SMILES string of the molecule is C=Cc1ccc2c(C=C)[nH]cc2c1/C=C/c1ccc2c(/C=C/c3c(C=C)ccc4c(C=C)[nH]cc34)nnc-2cn1. The second-order valence-corrected chi connectivity index (χ2v) is 9.35. The summed E-state index contributed by atoms with van der Waals surface area (Å²) < 4.78 is 0. The van der Waals surface area contributed by atoms with E-state index in [1.807, 2.05) is 61.0 Å². The highest BCUT2D eigenvalue weighted by Crippen LogP contribution is 2.31. The molecule has 0 saturated carbocycles. The van der Waals surface area contributed by atoms with Gasteiger partial charge in [-0.3, -0.25) is 4.98 Å². The van der Waals surface area contributed by atoms with E-state index in [-0.39, 0.29) is 0 Å². The van der Waals surface area contributed by atoms with Gasteiger partial charge >= 0.3 is 0 Å². The van der Waals surface area contributed by atoms with E-state index in [1.165, 1.54) is 0 Å². The fraction of sp³-hybridized carbons (Fsp3) is 0. The Hall–Kier alpha value is -5.55. The first-order valence-corrected chi connectivity index (χ1v) is 12.9. The minimum Gasteiger partial charge on any atom is -0.361 e. The van der Waals surface area contributed by atoms with E-state index in [1.54, 1.807) is 6.20 Å². The van der Waals surface area contributed by atoms with Gasteiger partial charge in [0.1, 0.15) is 5.69 Å². The molecule has 2 aliphatic heterocycles. The van der Waals surface area contributed by atoms with Crippen LogP contribution in [0.15, 0.2) is 81.3 Å². The summed E-state index contributed by atoms with van der Waals surface area (Å²) in [7, 11) is 0. The van der Waals surface area contributed by atoms with Crippen molar-refractivity contribution >= 4 is 70.2 Å². The Morgan fingerprint density at radius 2 is 1.18 bits per heavy atom. The van der Waals surface area contributed by atoms with Crippen LogP contribution in [0.2, 0.25) is 0 Å². The maximum absolute atomic E-state index is 4.66. The topological polar surface area (TPSA) is 70.2 Å². The van der Waals surface area contributed by atoms with E-state index >= 15 is 0 Å². The van der Waals surface area contributed by atoms with Gasteiger partial charge in [0.15, 0.2) is 0 Å². The van der Waals surface area contributed by atoms with E-state index in [4.69, 9.17) is 0 Å². The van der Waals surface area contributed by atoms with E-state index < -0.39 is 0 Å². The molecule has 4 heterocycles. The maximum atomic E-state index is 4.66. The van der Waals surface area contributed by atoms with Gasteiger partial charge in [-0.1, -0.05) is 74.9 Å². The number of fused-ring (bicyclic) bond motifs is 3.